The molecule has 3 N–H and O–H groups in total. The van der Waals surface area contributed by atoms with Crippen LogP contribution in [0.2, 0.25) is 0 Å². The van der Waals surface area contributed by atoms with Crippen molar-refractivity contribution in [3.8, 4) is 10.6 Å². The molecule has 0 spiro atoms. The topological polar surface area (TPSA) is 96.0 Å². The van der Waals surface area contributed by atoms with Crippen LogP contribution >= 0.6 is 11.3 Å². The van der Waals surface area contributed by atoms with Crippen molar-refractivity contribution >= 4 is 29.0 Å². The molecule has 2 atom stereocenters. The number of carbonyl (C=O) groups is 2. The van der Waals surface area contributed by atoms with Gasteiger partial charge in [-0.25, -0.2) is 4.79 Å². The molecule has 1 aromatic carbocycles. The summed E-state index contributed by atoms with van der Waals surface area (Å²) in [7, 11) is 0. The largest absolute Gasteiger partial charge is 0.352 e. The van der Waals surface area contributed by atoms with E-state index in [2.05, 4.69) is 26.1 Å². The predicted molar refractivity (Wildman–Crippen MR) is 94.9 cm³/mol. The van der Waals surface area contributed by atoms with E-state index in [-0.39, 0.29) is 11.9 Å². The summed E-state index contributed by atoms with van der Waals surface area (Å²) >= 11 is 1.45. The Balaban J connectivity index is 1.87. The minimum Gasteiger partial charge on any atom is -0.352 e. The summed E-state index contributed by atoms with van der Waals surface area (Å²) in [4.78, 5) is 23.9. The van der Waals surface area contributed by atoms with E-state index in [4.69, 9.17) is 0 Å². The summed E-state index contributed by atoms with van der Waals surface area (Å²) in [5, 5.41) is 16.8. The third kappa shape index (κ3) is 5.02. The van der Waals surface area contributed by atoms with Gasteiger partial charge >= 0.3 is 6.03 Å². The Morgan fingerprint density at radius 1 is 1.17 bits per heavy atom. The normalized spacial score (nSPS) is 13.0. The van der Waals surface area contributed by atoms with Crippen LogP contribution in [-0.4, -0.2) is 34.2 Å². The molecule has 7 nitrogen and oxygen atoms in total. The van der Waals surface area contributed by atoms with Crippen molar-refractivity contribution in [3.05, 3.63) is 29.8 Å². The minimum absolute atomic E-state index is 0.0812. The summed E-state index contributed by atoms with van der Waals surface area (Å²) in [5.41, 5.74) is 3.24. The van der Waals surface area contributed by atoms with E-state index in [1.165, 1.54) is 11.3 Å². The van der Waals surface area contributed by atoms with Gasteiger partial charge in [0.15, 0.2) is 0 Å². The van der Waals surface area contributed by atoms with E-state index in [1.807, 2.05) is 26.0 Å². The molecule has 1 heterocycles. The van der Waals surface area contributed by atoms with E-state index in [1.54, 1.807) is 24.6 Å². The van der Waals surface area contributed by atoms with E-state index in [0.29, 0.717) is 5.69 Å². The number of nitrogens with zero attached hydrogens (tertiary/aromatic N) is 2. The minimum atomic E-state index is -0.611. The zero-order chi connectivity index (χ0) is 17.5. The van der Waals surface area contributed by atoms with E-state index < -0.39 is 12.1 Å². The zero-order valence-electron chi connectivity index (χ0n) is 13.9. The van der Waals surface area contributed by atoms with Crippen molar-refractivity contribution in [2.24, 2.45) is 0 Å². The standard InChI is InChI=1S/C16H21N5O2S/c1-4-10(2)18-14(22)11(3)19-16(23)20-13-7-5-12(6-8-13)15-21-17-9-24-15/h5-11H,4H2,1-3H3,(H,18,22)(H2,19,20,23). The highest BCUT2D eigenvalue weighted by atomic mass is 32.1. The van der Waals surface area contributed by atoms with Gasteiger partial charge in [-0.15, -0.1) is 10.2 Å². The molecule has 0 radical (unpaired) electrons. The van der Waals surface area contributed by atoms with Crippen LogP contribution in [0.25, 0.3) is 10.6 Å². The molecule has 24 heavy (non-hydrogen) atoms. The van der Waals surface area contributed by atoms with Crippen LogP contribution in [0.4, 0.5) is 10.5 Å². The SMILES string of the molecule is CCC(C)NC(=O)C(C)NC(=O)Nc1ccc(-c2nncs2)cc1. The third-order valence-electron chi connectivity index (χ3n) is 3.49. The summed E-state index contributed by atoms with van der Waals surface area (Å²) < 4.78 is 0. The van der Waals surface area contributed by atoms with Gasteiger partial charge in [-0.2, -0.15) is 0 Å². The Labute approximate surface area is 144 Å². The highest BCUT2D eigenvalue weighted by Gasteiger charge is 2.16. The fourth-order valence-electron chi connectivity index (χ4n) is 1.89. The lowest BCUT2D eigenvalue weighted by Gasteiger charge is -2.17. The van der Waals surface area contributed by atoms with Crippen molar-refractivity contribution in [1.29, 1.82) is 0 Å². The molecular formula is C16H21N5O2S. The number of anilines is 1. The first-order valence-corrected chi connectivity index (χ1v) is 8.62. The molecule has 0 fully saturated rings. The molecular weight excluding hydrogens is 326 g/mol. The smallest absolute Gasteiger partial charge is 0.319 e. The molecule has 3 amide bonds. The molecule has 0 saturated carbocycles. The van der Waals surface area contributed by atoms with Crippen LogP contribution in [0.3, 0.4) is 0 Å². The molecule has 0 aliphatic heterocycles. The van der Waals surface area contributed by atoms with Crippen molar-refractivity contribution in [3.63, 3.8) is 0 Å². The second-order valence-corrected chi connectivity index (χ2v) is 6.29. The maximum atomic E-state index is 12.0. The van der Waals surface area contributed by atoms with E-state index in [0.717, 1.165) is 17.0 Å². The van der Waals surface area contributed by atoms with Crippen LogP contribution in [-0.2, 0) is 4.79 Å². The maximum absolute atomic E-state index is 12.0. The predicted octanol–water partition coefficient (Wildman–Crippen LogP) is 2.63. The number of nitrogens with one attached hydrogen (secondary N) is 3. The van der Waals surface area contributed by atoms with Gasteiger partial charge in [0.2, 0.25) is 5.91 Å². The van der Waals surface area contributed by atoms with Crippen LogP contribution in [0, 0.1) is 0 Å². The molecule has 8 heteroatoms. The quantitative estimate of drug-likeness (QED) is 0.748. The Morgan fingerprint density at radius 3 is 2.46 bits per heavy atom. The van der Waals surface area contributed by atoms with Crippen LogP contribution in [0.1, 0.15) is 27.2 Å². The summed E-state index contributed by atoms with van der Waals surface area (Å²) in [6, 6.07) is 6.31. The Bertz CT molecular complexity index is 672. The van der Waals surface area contributed by atoms with E-state index in [9.17, 15) is 9.59 Å². The molecule has 0 aliphatic rings. The number of aromatic nitrogens is 2. The van der Waals surface area contributed by atoms with Crippen LogP contribution < -0.4 is 16.0 Å². The Hall–Kier alpha value is -2.48. The Kier molecular flexibility index (Phi) is 6.25. The van der Waals surface area contributed by atoms with Crippen molar-refractivity contribution in [1.82, 2.24) is 20.8 Å². The molecule has 0 bridgehead atoms. The number of hydrogen-bond acceptors (Lipinski definition) is 5. The van der Waals surface area contributed by atoms with Crippen molar-refractivity contribution in [2.45, 2.75) is 39.3 Å². The van der Waals surface area contributed by atoms with Gasteiger partial charge in [0.1, 0.15) is 16.6 Å². The fraction of sp³-hybridized carbons (Fsp3) is 0.375. The highest BCUT2D eigenvalue weighted by Crippen LogP contribution is 2.22. The number of urea groups is 1. The van der Waals surface area contributed by atoms with Gasteiger partial charge in [0, 0.05) is 17.3 Å². The van der Waals surface area contributed by atoms with Crippen LogP contribution in [0.15, 0.2) is 29.8 Å². The fourth-order valence-corrected chi connectivity index (χ4v) is 2.45. The lowest BCUT2D eigenvalue weighted by Crippen LogP contribution is -2.48. The lowest BCUT2D eigenvalue weighted by atomic mass is 10.2. The number of hydrogen-bond donors (Lipinski definition) is 3. The second-order valence-electron chi connectivity index (χ2n) is 5.46. The Morgan fingerprint density at radius 2 is 1.88 bits per heavy atom. The molecule has 2 aromatic rings. The molecule has 1 aromatic heterocycles. The number of carbonyl (C=O) groups excluding carboxylic acids is 2. The average Bonchev–Trinajstić information content (AvgIpc) is 3.09. The third-order valence-corrected chi connectivity index (χ3v) is 4.23. The van der Waals surface area contributed by atoms with Gasteiger partial charge in [0.05, 0.1) is 0 Å². The molecule has 0 saturated heterocycles. The summed E-state index contributed by atoms with van der Waals surface area (Å²) in [6.45, 7) is 5.56. The number of amides is 3. The van der Waals surface area contributed by atoms with Gasteiger partial charge in [0.25, 0.3) is 0 Å². The number of benzene rings is 1. The zero-order valence-corrected chi connectivity index (χ0v) is 14.7. The first kappa shape index (κ1) is 17.9. The van der Waals surface area contributed by atoms with Gasteiger partial charge < -0.3 is 16.0 Å². The van der Waals surface area contributed by atoms with Gasteiger partial charge in [-0.1, -0.05) is 18.3 Å². The van der Waals surface area contributed by atoms with Gasteiger partial charge in [-0.05, 0) is 44.5 Å². The summed E-state index contributed by atoms with van der Waals surface area (Å²) in [5.74, 6) is -0.203. The first-order chi connectivity index (χ1) is 11.5. The van der Waals surface area contributed by atoms with E-state index >= 15 is 0 Å². The van der Waals surface area contributed by atoms with Crippen LogP contribution in [0.5, 0.6) is 0 Å². The lowest BCUT2D eigenvalue weighted by molar-refractivity contribution is -0.123. The van der Waals surface area contributed by atoms with Crippen molar-refractivity contribution in [2.75, 3.05) is 5.32 Å². The molecule has 2 rings (SSSR count). The number of rotatable bonds is 6. The monoisotopic (exact) mass is 347 g/mol. The maximum Gasteiger partial charge on any atom is 0.319 e. The molecule has 128 valence electrons. The first-order valence-electron chi connectivity index (χ1n) is 7.74. The molecule has 2 unspecified atom stereocenters. The highest BCUT2D eigenvalue weighted by molar-refractivity contribution is 7.12. The summed E-state index contributed by atoms with van der Waals surface area (Å²) in [6.07, 6.45) is 0.839. The van der Waals surface area contributed by atoms with Crippen molar-refractivity contribution < 1.29 is 9.59 Å². The molecule has 0 aliphatic carbocycles. The second kappa shape index (κ2) is 8.39. The average molecular weight is 347 g/mol. The van der Waals surface area contributed by atoms with Gasteiger partial charge in [-0.3, -0.25) is 4.79 Å².